The van der Waals surface area contributed by atoms with Crippen LogP contribution in [0.1, 0.15) is 38.1 Å². The Balaban J connectivity index is 2.36. The van der Waals surface area contributed by atoms with Gasteiger partial charge < -0.3 is 15.6 Å². The predicted octanol–water partition coefficient (Wildman–Crippen LogP) is 4.40. The maximum Gasteiger partial charge on any atom is 0.414 e. The smallest absolute Gasteiger partial charge is 0.414 e. The van der Waals surface area contributed by atoms with E-state index in [2.05, 4.69) is 0 Å². The van der Waals surface area contributed by atoms with E-state index in [9.17, 15) is 9.59 Å². The number of carbonyl (C=O) groups excluding carboxylic acids is 1. The molecule has 0 aromatic heterocycles. The van der Waals surface area contributed by atoms with Crippen molar-refractivity contribution < 1.29 is 19.4 Å². The lowest BCUT2D eigenvalue weighted by Crippen LogP contribution is -2.36. The predicted molar refractivity (Wildman–Crippen MR) is 103 cm³/mol. The Bertz CT molecular complexity index is 825. The van der Waals surface area contributed by atoms with Gasteiger partial charge in [-0.15, -0.1) is 0 Å². The van der Waals surface area contributed by atoms with Gasteiger partial charge in [-0.05, 0) is 63.1 Å². The summed E-state index contributed by atoms with van der Waals surface area (Å²) in [5, 5.41) is 9.09. The molecular weight excluding hydrogens is 332 g/mol. The van der Waals surface area contributed by atoms with Crippen LogP contribution in [0.3, 0.4) is 0 Å². The molecule has 1 amide bonds. The van der Waals surface area contributed by atoms with Crippen molar-refractivity contribution in [1.29, 1.82) is 0 Å². The highest BCUT2D eigenvalue weighted by Gasteiger charge is 2.22. The first-order valence-corrected chi connectivity index (χ1v) is 8.36. The zero-order valence-corrected chi connectivity index (χ0v) is 15.4. The zero-order chi connectivity index (χ0) is 19.5. The van der Waals surface area contributed by atoms with E-state index in [1.165, 1.54) is 6.07 Å². The molecule has 0 aliphatic rings. The molecule has 2 aromatic carbocycles. The lowest BCUT2D eigenvalue weighted by molar-refractivity contribution is 0.0581. The molecule has 0 saturated heterocycles. The quantitative estimate of drug-likeness (QED) is 0.792. The molecule has 6 nitrogen and oxygen atoms in total. The summed E-state index contributed by atoms with van der Waals surface area (Å²) in [6.45, 7) is 7.79. The van der Waals surface area contributed by atoms with Gasteiger partial charge in [0.25, 0.3) is 0 Å². The molecule has 0 aliphatic heterocycles. The SMILES string of the molecule is CCN(C(=O)OC(C)(C)C)c1cccc(-c2ccc(C(=O)O)c(N)c2)c1. The van der Waals surface area contributed by atoms with E-state index in [4.69, 9.17) is 15.6 Å². The summed E-state index contributed by atoms with van der Waals surface area (Å²) in [5.41, 5.74) is 7.81. The minimum atomic E-state index is -1.06. The minimum Gasteiger partial charge on any atom is -0.478 e. The van der Waals surface area contributed by atoms with Crippen LogP contribution in [0.5, 0.6) is 0 Å². The Morgan fingerprint density at radius 1 is 1.12 bits per heavy atom. The fourth-order valence-electron chi connectivity index (χ4n) is 2.52. The van der Waals surface area contributed by atoms with Crippen molar-refractivity contribution in [2.75, 3.05) is 17.2 Å². The number of hydrogen-bond acceptors (Lipinski definition) is 4. The number of benzene rings is 2. The molecule has 0 heterocycles. The fourth-order valence-corrected chi connectivity index (χ4v) is 2.52. The van der Waals surface area contributed by atoms with Crippen molar-refractivity contribution in [3.05, 3.63) is 48.0 Å². The van der Waals surface area contributed by atoms with Crippen LogP contribution in [0, 0.1) is 0 Å². The molecule has 3 N–H and O–H groups in total. The molecule has 2 aromatic rings. The number of hydrogen-bond donors (Lipinski definition) is 2. The second-order valence-electron chi connectivity index (χ2n) is 6.88. The summed E-state index contributed by atoms with van der Waals surface area (Å²) in [5.74, 6) is -1.06. The van der Waals surface area contributed by atoms with Gasteiger partial charge >= 0.3 is 12.1 Å². The second kappa shape index (κ2) is 7.47. The molecule has 0 saturated carbocycles. The molecule has 0 spiro atoms. The third kappa shape index (κ3) is 4.53. The van der Waals surface area contributed by atoms with Crippen LogP contribution >= 0.6 is 0 Å². The lowest BCUT2D eigenvalue weighted by Gasteiger charge is -2.26. The number of carboxylic acids is 1. The fraction of sp³-hybridized carbons (Fsp3) is 0.300. The average molecular weight is 356 g/mol. The van der Waals surface area contributed by atoms with Gasteiger partial charge in [-0.25, -0.2) is 9.59 Å². The molecule has 0 aliphatic carbocycles. The number of ether oxygens (including phenoxy) is 1. The first kappa shape index (κ1) is 19.3. The molecule has 26 heavy (non-hydrogen) atoms. The van der Waals surface area contributed by atoms with Crippen LogP contribution in [-0.2, 0) is 4.74 Å². The van der Waals surface area contributed by atoms with E-state index >= 15 is 0 Å². The van der Waals surface area contributed by atoms with Crippen molar-refractivity contribution in [2.24, 2.45) is 0 Å². The van der Waals surface area contributed by atoms with Gasteiger partial charge in [0.1, 0.15) is 5.60 Å². The van der Waals surface area contributed by atoms with Crippen LogP contribution in [0.2, 0.25) is 0 Å². The van der Waals surface area contributed by atoms with Crippen LogP contribution < -0.4 is 10.6 Å². The van der Waals surface area contributed by atoms with Gasteiger partial charge in [0.15, 0.2) is 0 Å². The molecule has 0 bridgehead atoms. The Kier molecular flexibility index (Phi) is 5.55. The Hall–Kier alpha value is -3.02. The molecule has 0 fully saturated rings. The monoisotopic (exact) mass is 356 g/mol. The third-order valence-electron chi connectivity index (χ3n) is 3.70. The van der Waals surface area contributed by atoms with Crippen molar-refractivity contribution in [3.63, 3.8) is 0 Å². The van der Waals surface area contributed by atoms with E-state index in [0.717, 1.165) is 11.1 Å². The van der Waals surface area contributed by atoms with Gasteiger partial charge in [0.05, 0.1) is 5.56 Å². The number of rotatable bonds is 4. The second-order valence-corrected chi connectivity index (χ2v) is 6.88. The molecular formula is C20H24N2O4. The highest BCUT2D eigenvalue weighted by molar-refractivity contribution is 5.95. The zero-order valence-electron chi connectivity index (χ0n) is 15.4. The average Bonchev–Trinajstić information content (AvgIpc) is 2.53. The van der Waals surface area contributed by atoms with Crippen LogP contribution in [0.15, 0.2) is 42.5 Å². The summed E-state index contributed by atoms with van der Waals surface area (Å²) in [6, 6.07) is 12.2. The van der Waals surface area contributed by atoms with E-state index in [-0.39, 0.29) is 11.3 Å². The number of carbonyl (C=O) groups is 2. The Labute approximate surface area is 153 Å². The topological polar surface area (TPSA) is 92.9 Å². The number of nitrogens with two attached hydrogens (primary N) is 1. The molecule has 6 heteroatoms. The maximum absolute atomic E-state index is 12.4. The van der Waals surface area contributed by atoms with Gasteiger partial charge in [0, 0.05) is 17.9 Å². The van der Waals surface area contributed by atoms with Crippen LogP contribution in [0.25, 0.3) is 11.1 Å². The number of nitrogens with zero attached hydrogens (tertiary/aromatic N) is 1. The van der Waals surface area contributed by atoms with E-state index in [0.29, 0.717) is 12.2 Å². The third-order valence-corrected chi connectivity index (χ3v) is 3.70. The summed E-state index contributed by atoms with van der Waals surface area (Å²) in [4.78, 5) is 25.1. The molecule has 0 atom stereocenters. The summed E-state index contributed by atoms with van der Waals surface area (Å²) in [6.07, 6.45) is -0.419. The van der Waals surface area contributed by atoms with Crippen LogP contribution in [0.4, 0.5) is 16.2 Å². The summed E-state index contributed by atoms with van der Waals surface area (Å²) < 4.78 is 5.45. The molecule has 0 radical (unpaired) electrons. The van der Waals surface area contributed by atoms with Gasteiger partial charge in [-0.2, -0.15) is 0 Å². The standard InChI is InChI=1S/C20H24N2O4/c1-5-22(19(25)26-20(2,3)4)15-8-6-7-13(11-15)14-9-10-16(18(23)24)17(21)12-14/h6-12H,5,21H2,1-4H3,(H,23,24). The van der Waals surface area contributed by atoms with Gasteiger partial charge in [-0.3, -0.25) is 4.90 Å². The number of nitrogen functional groups attached to an aromatic ring is 1. The van der Waals surface area contributed by atoms with Crippen molar-refractivity contribution in [2.45, 2.75) is 33.3 Å². The maximum atomic E-state index is 12.4. The van der Waals surface area contributed by atoms with Gasteiger partial charge in [0.2, 0.25) is 0 Å². The number of carboxylic acid groups (broad SMARTS) is 1. The van der Waals surface area contributed by atoms with Crippen molar-refractivity contribution in [1.82, 2.24) is 0 Å². The largest absolute Gasteiger partial charge is 0.478 e. The first-order valence-electron chi connectivity index (χ1n) is 8.36. The van der Waals surface area contributed by atoms with Crippen molar-refractivity contribution in [3.8, 4) is 11.1 Å². The highest BCUT2D eigenvalue weighted by atomic mass is 16.6. The van der Waals surface area contributed by atoms with E-state index in [1.807, 2.05) is 52.0 Å². The van der Waals surface area contributed by atoms with Gasteiger partial charge in [-0.1, -0.05) is 18.2 Å². The number of aromatic carboxylic acids is 1. The normalized spacial score (nSPS) is 11.1. The summed E-state index contributed by atoms with van der Waals surface area (Å²) >= 11 is 0. The van der Waals surface area contributed by atoms with E-state index in [1.54, 1.807) is 17.0 Å². The molecule has 0 unspecified atom stereocenters. The number of anilines is 2. The lowest BCUT2D eigenvalue weighted by atomic mass is 10.0. The highest BCUT2D eigenvalue weighted by Crippen LogP contribution is 2.28. The Morgan fingerprint density at radius 2 is 1.77 bits per heavy atom. The summed E-state index contributed by atoms with van der Waals surface area (Å²) in [7, 11) is 0. The molecule has 138 valence electrons. The molecule has 2 rings (SSSR count). The van der Waals surface area contributed by atoms with Crippen molar-refractivity contribution >= 4 is 23.4 Å². The van der Waals surface area contributed by atoms with E-state index < -0.39 is 17.7 Å². The first-order chi connectivity index (χ1) is 12.1. The Morgan fingerprint density at radius 3 is 2.31 bits per heavy atom. The number of amides is 1. The minimum absolute atomic E-state index is 0.0637. The van der Waals surface area contributed by atoms with Crippen LogP contribution in [-0.4, -0.2) is 29.3 Å².